The van der Waals surface area contributed by atoms with Crippen LogP contribution >= 0.6 is 11.6 Å². The molecule has 2 aromatic rings. The Kier molecular flexibility index (Phi) is 3.15. The van der Waals surface area contributed by atoms with Crippen molar-refractivity contribution in [1.82, 2.24) is 20.2 Å². The van der Waals surface area contributed by atoms with Gasteiger partial charge in [0.2, 0.25) is 5.82 Å². The second-order valence-electron chi connectivity index (χ2n) is 3.15. The van der Waals surface area contributed by atoms with Crippen molar-refractivity contribution in [2.75, 3.05) is 0 Å². The number of halogens is 3. The number of rotatable bonds is 3. The van der Waals surface area contributed by atoms with Crippen LogP contribution < -0.4 is 0 Å². The lowest BCUT2D eigenvalue weighted by molar-refractivity contribution is -0.387. The molecule has 0 aliphatic rings. The van der Waals surface area contributed by atoms with Gasteiger partial charge in [-0.05, 0) is 10.4 Å². The Hall–Kier alpha value is -2.16. The smallest absolute Gasteiger partial charge is 0.258 e. The van der Waals surface area contributed by atoms with Crippen LogP contribution in [0.15, 0.2) is 12.1 Å². The van der Waals surface area contributed by atoms with Crippen LogP contribution in [0.2, 0.25) is 0 Å². The average molecular weight is 276 g/mol. The third-order valence-electron chi connectivity index (χ3n) is 2.09. The molecule has 0 saturated heterocycles. The quantitative estimate of drug-likeness (QED) is 0.482. The molecule has 7 nitrogen and oxygen atoms in total. The molecule has 0 aliphatic carbocycles. The summed E-state index contributed by atoms with van der Waals surface area (Å²) < 4.78 is 27.6. The van der Waals surface area contributed by atoms with Crippen molar-refractivity contribution in [2.45, 2.75) is 5.88 Å². The maximum absolute atomic E-state index is 13.6. The second-order valence-corrected chi connectivity index (χ2v) is 3.42. The van der Waals surface area contributed by atoms with Crippen LogP contribution in [-0.2, 0) is 5.88 Å². The minimum atomic E-state index is -1.28. The molecule has 0 N–H and O–H groups in total. The molecule has 0 saturated carbocycles. The highest BCUT2D eigenvalue weighted by atomic mass is 35.5. The third kappa shape index (κ3) is 1.99. The van der Waals surface area contributed by atoms with Gasteiger partial charge >= 0.3 is 5.69 Å². The van der Waals surface area contributed by atoms with E-state index in [0.29, 0.717) is 12.1 Å². The van der Waals surface area contributed by atoms with E-state index in [9.17, 15) is 18.9 Å². The number of tetrazole rings is 1. The van der Waals surface area contributed by atoms with Gasteiger partial charge in [0.15, 0.2) is 11.6 Å². The Bertz CT molecular complexity index is 618. The van der Waals surface area contributed by atoms with Gasteiger partial charge < -0.3 is 0 Å². The van der Waals surface area contributed by atoms with Gasteiger partial charge in [-0.3, -0.25) is 10.1 Å². The van der Waals surface area contributed by atoms with Crippen molar-refractivity contribution in [3.05, 3.63) is 39.7 Å². The van der Waals surface area contributed by atoms with Crippen LogP contribution in [0, 0.1) is 21.7 Å². The molecule has 10 heteroatoms. The van der Waals surface area contributed by atoms with E-state index in [1.54, 1.807) is 0 Å². The Morgan fingerprint density at radius 3 is 2.72 bits per heavy atom. The van der Waals surface area contributed by atoms with Gasteiger partial charge in [0.1, 0.15) is 5.69 Å². The number of hydrogen-bond donors (Lipinski definition) is 0. The molecule has 2 rings (SSSR count). The molecule has 1 heterocycles. The van der Waals surface area contributed by atoms with Crippen LogP contribution in [0.25, 0.3) is 5.69 Å². The molecule has 1 aromatic carbocycles. The summed E-state index contributed by atoms with van der Waals surface area (Å²) in [6, 6.07) is 1.10. The third-order valence-corrected chi connectivity index (χ3v) is 2.33. The summed E-state index contributed by atoms with van der Waals surface area (Å²) in [5, 5.41) is 20.7. The summed E-state index contributed by atoms with van der Waals surface area (Å²) in [6.07, 6.45) is 0. The van der Waals surface area contributed by atoms with Gasteiger partial charge in [-0.1, -0.05) is 0 Å². The fraction of sp³-hybridized carbons (Fsp3) is 0.125. The zero-order valence-electron chi connectivity index (χ0n) is 8.55. The molecule has 0 amide bonds. The molecule has 0 fully saturated rings. The monoisotopic (exact) mass is 275 g/mol. The first-order valence-corrected chi connectivity index (χ1v) is 5.05. The standard InChI is InChI=1S/C8H4ClF2N5O2/c9-3-8-12-13-14-15(8)6-2-7(16(17)18)5(11)1-4(6)10/h1-2H,3H2. The lowest BCUT2D eigenvalue weighted by atomic mass is 10.2. The van der Waals surface area contributed by atoms with E-state index >= 15 is 0 Å². The first kappa shape index (κ1) is 12.3. The molecule has 18 heavy (non-hydrogen) atoms. The van der Waals surface area contributed by atoms with Gasteiger partial charge in [0.05, 0.1) is 10.8 Å². The van der Waals surface area contributed by atoms with Crippen molar-refractivity contribution < 1.29 is 13.7 Å². The molecule has 0 aliphatic heterocycles. The second kappa shape index (κ2) is 4.61. The predicted octanol–water partition coefficient (Wildman–Crippen LogP) is 1.59. The molecule has 94 valence electrons. The number of nitrogens with zero attached hydrogens (tertiary/aromatic N) is 5. The summed E-state index contributed by atoms with van der Waals surface area (Å²) in [6.45, 7) is 0. The lowest BCUT2D eigenvalue weighted by Gasteiger charge is -2.04. The molecule has 0 radical (unpaired) electrons. The SMILES string of the molecule is O=[N+]([O-])c1cc(-n2nnnc2CCl)c(F)cc1F. The van der Waals surface area contributed by atoms with Crippen molar-refractivity contribution in [3.8, 4) is 5.69 Å². The van der Waals surface area contributed by atoms with Crippen molar-refractivity contribution in [2.24, 2.45) is 0 Å². The van der Waals surface area contributed by atoms with Crippen LogP contribution in [-0.4, -0.2) is 25.1 Å². The maximum Gasteiger partial charge on any atom is 0.307 e. The number of hydrogen-bond acceptors (Lipinski definition) is 5. The fourth-order valence-electron chi connectivity index (χ4n) is 1.30. The summed E-state index contributed by atoms with van der Waals surface area (Å²) >= 11 is 5.52. The molecule has 0 bridgehead atoms. The average Bonchev–Trinajstić information content (AvgIpc) is 2.76. The Balaban J connectivity index is 2.64. The number of nitro groups is 1. The van der Waals surface area contributed by atoms with E-state index in [1.807, 2.05) is 0 Å². The molecule has 1 aromatic heterocycles. The van der Waals surface area contributed by atoms with E-state index < -0.39 is 22.2 Å². The first-order valence-electron chi connectivity index (χ1n) is 4.51. The minimum absolute atomic E-state index is 0.0801. The number of aromatic nitrogens is 4. The lowest BCUT2D eigenvalue weighted by Crippen LogP contribution is -2.06. The molecule has 0 unspecified atom stereocenters. The molecule has 0 atom stereocenters. The van der Waals surface area contributed by atoms with E-state index in [4.69, 9.17) is 11.6 Å². The maximum atomic E-state index is 13.6. The summed E-state index contributed by atoms with van der Waals surface area (Å²) in [5.74, 6) is -2.35. The van der Waals surface area contributed by atoms with E-state index in [0.717, 1.165) is 4.68 Å². The molecule has 0 spiro atoms. The van der Waals surface area contributed by atoms with Crippen LogP contribution in [0.3, 0.4) is 0 Å². The highest BCUT2D eigenvalue weighted by Gasteiger charge is 2.21. The first-order chi connectivity index (χ1) is 8.54. The zero-order chi connectivity index (χ0) is 13.3. The van der Waals surface area contributed by atoms with Gasteiger partial charge in [-0.2, -0.15) is 9.07 Å². The Morgan fingerprint density at radius 1 is 1.39 bits per heavy atom. The number of alkyl halides is 1. The van der Waals surface area contributed by atoms with Crippen molar-refractivity contribution in [1.29, 1.82) is 0 Å². The molecular weight excluding hydrogens is 272 g/mol. The van der Waals surface area contributed by atoms with Gasteiger partial charge in [0, 0.05) is 12.1 Å². The van der Waals surface area contributed by atoms with E-state index in [1.165, 1.54) is 0 Å². The van der Waals surface area contributed by atoms with Crippen LogP contribution in [0.5, 0.6) is 0 Å². The normalized spacial score (nSPS) is 10.6. The fourth-order valence-corrected chi connectivity index (χ4v) is 1.47. The zero-order valence-corrected chi connectivity index (χ0v) is 9.30. The highest BCUT2D eigenvalue weighted by molar-refractivity contribution is 6.16. The summed E-state index contributed by atoms with van der Waals surface area (Å²) in [4.78, 5) is 9.60. The predicted molar refractivity (Wildman–Crippen MR) is 55.3 cm³/mol. The minimum Gasteiger partial charge on any atom is -0.258 e. The van der Waals surface area contributed by atoms with Gasteiger partial charge in [-0.15, -0.1) is 16.7 Å². The largest absolute Gasteiger partial charge is 0.307 e. The van der Waals surface area contributed by atoms with E-state index in [-0.39, 0.29) is 17.4 Å². The van der Waals surface area contributed by atoms with Crippen LogP contribution in [0.4, 0.5) is 14.5 Å². The highest BCUT2D eigenvalue weighted by Crippen LogP contribution is 2.24. The van der Waals surface area contributed by atoms with Gasteiger partial charge in [0.25, 0.3) is 0 Å². The number of benzene rings is 1. The Morgan fingerprint density at radius 2 is 2.11 bits per heavy atom. The number of nitro benzene ring substituents is 1. The topological polar surface area (TPSA) is 86.7 Å². The Labute approximate surface area is 103 Å². The van der Waals surface area contributed by atoms with Crippen molar-refractivity contribution in [3.63, 3.8) is 0 Å². The molecular formula is C8H4ClF2N5O2. The summed E-state index contributed by atoms with van der Waals surface area (Å²) in [5.41, 5.74) is -1.22. The van der Waals surface area contributed by atoms with Crippen LogP contribution in [0.1, 0.15) is 5.82 Å². The summed E-state index contributed by atoms with van der Waals surface area (Å²) in [7, 11) is 0. The van der Waals surface area contributed by atoms with Gasteiger partial charge in [-0.25, -0.2) is 4.39 Å². The van der Waals surface area contributed by atoms with Crippen molar-refractivity contribution >= 4 is 17.3 Å². The van der Waals surface area contributed by atoms with E-state index in [2.05, 4.69) is 15.5 Å².